The Morgan fingerprint density at radius 1 is 1.23 bits per heavy atom. The van der Waals surface area contributed by atoms with Gasteiger partial charge in [-0.2, -0.15) is 5.26 Å². The van der Waals surface area contributed by atoms with Crippen LogP contribution in [0.4, 0.5) is 11.5 Å². The Kier molecular flexibility index (Phi) is 4.03. The summed E-state index contributed by atoms with van der Waals surface area (Å²) in [5, 5.41) is 9.41. The minimum atomic E-state index is 0.597. The van der Waals surface area contributed by atoms with Crippen LogP contribution in [-0.2, 0) is 11.3 Å². The third kappa shape index (κ3) is 2.78. The van der Waals surface area contributed by atoms with E-state index >= 15 is 0 Å². The van der Waals surface area contributed by atoms with E-state index in [1.54, 1.807) is 6.07 Å². The summed E-state index contributed by atoms with van der Waals surface area (Å²) >= 11 is 0. The van der Waals surface area contributed by atoms with E-state index in [0.717, 1.165) is 24.5 Å². The largest absolute Gasteiger partial charge is 0.396 e. The van der Waals surface area contributed by atoms with Crippen molar-refractivity contribution in [2.45, 2.75) is 13.5 Å². The first kappa shape index (κ1) is 14.5. The van der Waals surface area contributed by atoms with Gasteiger partial charge in [-0.05, 0) is 18.6 Å². The second-order valence-corrected chi connectivity index (χ2v) is 5.59. The maximum absolute atomic E-state index is 9.41. The molecule has 1 aromatic heterocycles. The van der Waals surface area contributed by atoms with Crippen LogP contribution in [0.2, 0.25) is 0 Å². The minimum absolute atomic E-state index is 0.597. The first-order valence-electron chi connectivity index (χ1n) is 7.46. The van der Waals surface area contributed by atoms with Crippen LogP contribution >= 0.6 is 0 Å². The molecule has 2 aromatic rings. The van der Waals surface area contributed by atoms with Gasteiger partial charge < -0.3 is 19.9 Å². The van der Waals surface area contributed by atoms with Crippen molar-refractivity contribution in [2.75, 3.05) is 36.9 Å². The van der Waals surface area contributed by atoms with Gasteiger partial charge >= 0.3 is 0 Å². The van der Waals surface area contributed by atoms with Crippen molar-refractivity contribution >= 4 is 11.5 Å². The Bertz CT molecular complexity index is 691. The van der Waals surface area contributed by atoms with Crippen molar-refractivity contribution in [1.82, 2.24) is 4.57 Å². The minimum Gasteiger partial charge on any atom is -0.396 e. The Morgan fingerprint density at radius 2 is 1.91 bits per heavy atom. The number of nitrogens with two attached hydrogens (primary N) is 1. The lowest BCUT2D eigenvalue weighted by atomic mass is 10.1. The van der Waals surface area contributed by atoms with Crippen molar-refractivity contribution in [3.8, 4) is 6.07 Å². The molecule has 0 bridgehead atoms. The van der Waals surface area contributed by atoms with Gasteiger partial charge in [0, 0.05) is 13.1 Å². The predicted molar refractivity (Wildman–Crippen MR) is 86.9 cm³/mol. The SMILES string of the molecule is Cc1ccc(Cn2c(C#N)cc(N)c2N2CCOCC2)cc1. The number of hydrogen-bond donors (Lipinski definition) is 1. The molecular weight excluding hydrogens is 276 g/mol. The standard InChI is InChI=1S/C17H20N4O/c1-13-2-4-14(5-3-13)12-21-15(11-18)10-16(19)17(21)20-6-8-22-9-7-20/h2-5,10H,6-9,12,19H2,1H3. The van der Waals surface area contributed by atoms with Gasteiger partial charge in [-0.3, -0.25) is 0 Å². The first-order chi connectivity index (χ1) is 10.7. The van der Waals surface area contributed by atoms with Gasteiger partial charge in [-0.15, -0.1) is 0 Å². The van der Waals surface area contributed by atoms with E-state index in [0.29, 0.717) is 31.1 Å². The van der Waals surface area contributed by atoms with E-state index in [2.05, 4.69) is 42.2 Å². The summed E-state index contributed by atoms with van der Waals surface area (Å²) in [6.07, 6.45) is 0. The van der Waals surface area contributed by atoms with Crippen LogP contribution in [0.1, 0.15) is 16.8 Å². The van der Waals surface area contributed by atoms with E-state index in [4.69, 9.17) is 10.5 Å². The lowest BCUT2D eigenvalue weighted by Crippen LogP contribution is -2.38. The second kappa shape index (κ2) is 6.12. The van der Waals surface area contributed by atoms with Crippen LogP contribution in [0.3, 0.4) is 0 Å². The molecule has 1 fully saturated rings. The number of aromatic nitrogens is 1. The van der Waals surface area contributed by atoms with Gasteiger partial charge in [0.25, 0.3) is 0 Å². The van der Waals surface area contributed by atoms with E-state index in [1.165, 1.54) is 5.56 Å². The molecule has 114 valence electrons. The summed E-state index contributed by atoms with van der Waals surface area (Å²) in [6, 6.07) is 12.4. The fourth-order valence-corrected chi connectivity index (χ4v) is 2.82. The third-order valence-electron chi connectivity index (χ3n) is 3.98. The van der Waals surface area contributed by atoms with Crippen LogP contribution in [0, 0.1) is 18.3 Å². The molecular formula is C17H20N4O. The molecule has 2 N–H and O–H groups in total. The predicted octanol–water partition coefficient (Wildman–Crippen LogP) is 2.14. The quantitative estimate of drug-likeness (QED) is 0.942. The van der Waals surface area contributed by atoms with Crippen LogP contribution in [0.25, 0.3) is 0 Å². The van der Waals surface area contributed by atoms with Crippen molar-refractivity contribution in [3.05, 3.63) is 47.2 Å². The molecule has 0 saturated carbocycles. The van der Waals surface area contributed by atoms with E-state index in [9.17, 15) is 5.26 Å². The maximum atomic E-state index is 9.41. The van der Waals surface area contributed by atoms with Crippen molar-refractivity contribution in [1.29, 1.82) is 5.26 Å². The van der Waals surface area contributed by atoms with E-state index in [1.807, 2.05) is 4.57 Å². The van der Waals surface area contributed by atoms with Crippen molar-refractivity contribution < 1.29 is 4.74 Å². The van der Waals surface area contributed by atoms with Gasteiger partial charge in [0.1, 0.15) is 17.6 Å². The molecule has 5 heteroatoms. The van der Waals surface area contributed by atoms with Gasteiger partial charge in [0.2, 0.25) is 0 Å². The fraction of sp³-hybridized carbons (Fsp3) is 0.353. The number of nitrogens with zero attached hydrogens (tertiary/aromatic N) is 3. The number of nitriles is 1. The topological polar surface area (TPSA) is 67.2 Å². The van der Waals surface area contributed by atoms with Crippen LogP contribution in [0.5, 0.6) is 0 Å². The average Bonchev–Trinajstić information content (AvgIpc) is 2.86. The maximum Gasteiger partial charge on any atom is 0.133 e. The van der Waals surface area contributed by atoms with Crippen LogP contribution in [-0.4, -0.2) is 30.9 Å². The molecule has 0 spiro atoms. The molecule has 0 radical (unpaired) electrons. The zero-order valence-corrected chi connectivity index (χ0v) is 12.7. The number of rotatable bonds is 3. The Labute approximate surface area is 130 Å². The summed E-state index contributed by atoms with van der Waals surface area (Å²) in [5.74, 6) is 0.931. The number of aryl methyl sites for hydroxylation is 1. The van der Waals surface area contributed by atoms with Crippen molar-refractivity contribution in [3.63, 3.8) is 0 Å². The molecule has 3 rings (SSSR count). The normalized spacial score (nSPS) is 14.8. The highest BCUT2D eigenvalue weighted by atomic mass is 16.5. The highest BCUT2D eigenvalue weighted by Crippen LogP contribution is 2.29. The van der Waals surface area contributed by atoms with Gasteiger partial charge in [-0.25, -0.2) is 0 Å². The number of benzene rings is 1. The molecule has 1 saturated heterocycles. The molecule has 0 atom stereocenters. The molecule has 0 unspecified atom stereocenters. The molecule has 0 amide bonds. The van der Waals surface area contributed by atoms with Gasteiger partial charge in [-0.1, -0.05) is 29.8 Å². The number of nitrogen functional groups attached to an aromatic ring is 1. The summed E-state index contributed by atoms with van der Waals surface area (Å²) in [5.41, 5.74) is 9.81. The molecule has 2 heterocycles. The highest BCUT2D eigenvalue weighted by molar-refractivity contribution is 5.68. The highest BCUT2D eigenvalue weighted by Gasteiger charge is 2.21. The summed E-state index contributed by atoms with van der Waals surface area (Å²) in [7, 11) is 0. The Morgan fingerprint density at radius 3 is 2.55 bits per heavy atom. The molecule has 5 nitrogen and oxygen atoms in total. The van der Waals surface area contributed by atoms with Crippen molar-refractivity contribution in [2.24, 2.45) is 0 Å². The number of hydrogen-bond acceptors (Lipinski definition) is 4. The number of morpholine rings is 1. The lowest BCUT2D eigenvalue weighted by molar-refractivity contribution is 0.122. The Hall–Kier alpha value is -2.45. The average molecular weight is 296 g/mol. The molecule has 22 heavy (non-hydrogen) atoms. The number of anilines is 2. The van der Waals surface area contributed by atoms with E-state index < -0.39 is 0 Å². The van der Waals surface area contributed by atoms with E-state index in [-0.39, 0.29) is 0 Å². The third-order valence-corrected chi connectivity index (χ3v) is 3.98. The van der Waals surface area contributed by atoms with Crippen LogP contribution in [0.15, 0.2) is 30.3 Å². The zero-order chi connectivity index (χ0) is 15.5. The zero-order valence-electron chi connectivity index (χ0n) is 12.7. The first-order valence-corrected chi connectivity index (χ1v) is 7.46. The monoisotopic (exact) mass is 296 g/mol. The smallest absolute Gasteiger partial charge is 0.133 e. The molecule has 1 aliphatic rings. The fourth-order valence-electron chi connectivity index (χ4n) is 2.82. The van der Waals surface area contributed by atoms with Crippen LogP contribution < -0.4 is 10.6 Å². The Balaban J connectivity index is 1.97. The summed E-state index contributed by atoms with van der Waals surface area (Å²) < 4.78 is 7.41. The second-order valence-electron chi connectivity index (χ2n) is 5.59. The lowest BCUT2D eigenvalue weighted by Gasteiger charge is -2.30. The number of ether oxygens (including phenoxy) is 1. The molecule has 1 aromatic carbocycles. The van der Waals surface area contributed by atoms with Gasteiger partial charge in [0.05, 0.1) is 25.4 Å². The molecule has 1 aliphatic heterocycles. The summed E-state index contributed by atoms with van der Waals surface area (Å²) in [6.45, 7) is 5.69. The molecule has 0 aliphatic carbocycles. The summed E-state index contributed by atoms with van der Waals surface area (Å²) in [4.78, 5) is 2.20. The van der Waals surface area contributed by atoms with Gasteiger partial charge in [0.15, 0.2) is 0 Å².